The van der Waals surface area contributed by atoms with Gasteiger partial charge < -0.3 is 14.2 Å². The number of piperidine rings is 1. The number of halogens is 1. The molecule has 0 saturated carbocycles. The summed E-state index contributed by atoms with van der Waals surface area (Å²) in [6.45, 7) is 5.61. The van der Waals surface area contributed by atoms with Crippen molar-refractivity contribution in [3.05, 3.63) is 24.0 Å². The summed E-state index contributed by atoms with van der Waals surface area (Å²) in [7, 11) is 1.68. The maximum Gasteiger partial charge on any atom is 0.125 e. The lowest BCUT2D eigenvalue weighted by molar-refractivity contribution is 0.186. The zero-order chi connectivity index (χ0) is 14.8. The zero-order valence-corrected chi connectivity index (χ0v) is 13.4. The van der Waals surface area contributed by atoms with Gasteiger partial charge in [0, 0.05) is 18.7 Å². The molecule has 5 heteroatoms. The SMILES string of the molecule is CCN1CCCC(n2c(CCl)nc3cc(OC)ccc32)C1. The summed E-state index contributed by atoms with van der Waals surface area (Å²) in [6, 6.07) is 6.55. The first-order valence-corrected chi connectivity index (χ1v) is 8.13. The highest BCUT2D eigenvalue weighted by Crippen LogP contribution is 2.30. The number of hydrogen-bond acceptors (Lipinski definition) is 3. The molecule has 1 saturated heterocycles. The molecule has 0 aliphatic carbocycles. The van der Waals surface area contributed by atoms with E-state index in [1.807, 2.05) is 12.1 Å². The summed E-state index contributed by atoms with van der Waals surface area (Å²) < 4.78 is 7.63. The highest BCUT2D eigenvalue weighted by Gasteiger charge is 2.24. The maximum atomic E-state index is 6.14. The molecule has 2 aromatic rings. The van der Waals surface area contributed by atoms with Crippen molar-refractivity contribution >= 4 is 22.6 Å². The number of likely N-dealkylation sites (N-methyl/N-ethyl adjacent to an activating group) is 1. The minimum atomic E-state index is 0.444. The molecule has 21 heavy (non-hydrogen) atoms. The third-order valence-electron chi connectivity index (χ3n) is 4.38. The Bertz CT molecular complexity index is 625. The van der Waals surface area contributed by atoms with E-state index in [0.29, 0.717) is 11.9 Å². The Balaban J connectivity index is 2.03. The van der Waals surface area contributed by atoms with Gasteiger partial charge in [-0.3, -0.25) is 0 Å². The minimum Gasteiger partial charge on any atom is -0.497 e. The summed E-state index contributed by atoms with van der Waals surface area (Å²) in [5.74, 6) is 2.24. The molecule has 3 rings (SSSR count). The number of fused-ring (bicyclic) bond motifs is 1. The molecule has 1 aliphatic rings. The van der Waals surface area contributed by atoms with Crippen molar-refractivity contribution in [1.29, 1.82) is 0 Å². The lowest BCUT2D eigenvalue weighted by Crippen LogP contribution is -2.36. The third-order valence-corrected chi connectivity index (χ3v) is 4.62. The third kappa shape index (κ3) is 2.74. The van der Waals surface area contributed by atoms with E-state index in [0.717, 1.165) is 35.7 Å². The van der Waals surface area contributed by atoms with Crippen LogP contribution in [0.2, 0.25) is 0 Å². The predicted octanol–water partition coefficient (Wildman–Crippen LogP) is 3.44. The monoisotopic (exact) mass is 307 g/mol. The number of alkyl halides is 1. The number of aromatic nitrogens is 2. The number of likely N-dealkylation sites (tertiary alicyclic amines) is 1. The van der Waals surface area contributed by atoms with E-state index in [-0.39, 0.29) is 0 Å². The van der Waals surface area contributed by atoms with Gasteiger partial charge in [-0.25, -0.2) is 4.98 Å². The van der Waals surface area contributed by atoms with Gasteiger partial charge in [-0.1, -0.05) is 6.92 Å². The van der Waals surface area contributed by atoms with Gasteiger partial charge in [0.1, 0.15) is 11.6 Å². The molecule has 1 aliphatic heterocycles. The average Bonchev–Trinajstić information content (AvgIpc) is 2.92. The van der Waals surface area contributed by atoms with Crippen molar-refractivity contribution in [3.63, 3.8) is 0 Å². The number of hydrogen-bond donors (Lipinski definition) is 0. The van der Waals surface area contributed by atoms with Crippen molar-refractivity contribution in [2.75, 3.05) is 26.7 Å². The Labute approximate surface area is 130 Å². The van der Waals surface area contributed by atoms with Gasteiger partial charge in [-0.2, -0.15) is 0 Å². The summed E-state index contributed by atoms with van der Waals surface area (Å²) in [5, 5.41) is 0. The molecule has 114 valence electrons. The molecule has 1 fully saturated rings. The Morgan fingerprint density at radius 1 is 1.43 bits per heavy atom. The van der Waals surface area contributed by atoms with Crippen LogP contribution in [0.25, 0.3) is 11.0 Å². The minimum absolute atomic E-state index is 0.444. The van der Waals surface area contributed by atoms with Gasteiger partial charge in [0.2, 0.25) is 0 Å². The second-order valence-corrected chi connectivity index (χ2v) is 5.84. The van der Waals surface area contributed by atoms with Crippen LogP contribution in [0.15, 0.2) is 18.2 Å². The van der Waals surface area contributed by atoms with Crippen LogP contribution in [0.3, 0.4) is 0 Å². The highest BCUT2D eigenvalue weighted by molar-refractivity contribution is 6.16. The topological polar surface area (TPSA) is 30.3 Å². The van der Waals surface area contributed by atoms with Crippen LogP contribution in [-0.2, 0) is 5.88 Å². The Hall–Kier alpha value is -1.26. The van der Waals surface area contributed by atoms with E-state index >= 15 is 0 Å². The number of benzene rings is 1. The van der Waals surface area contributed by atoms with Crippen molar-refractivity contribution < 1.29 is 4.74 Å². The van der Waals surface area contributed by atoms with Gasteiger partial charge in [-0.05, 0) is 38.1 Å². The molecular formula is C16H22ClN3O. The van der Waals surface area contributed by atoms with Crippen LogP contribution in [0.1, 0.15) is 31.6 Å². The molecule has 0 spiro atoms. The smallest absolute Gasteiger partial charge is 0.125 e. The second kappa shape index (κ2) is 6.24. The Kier molecular flexibility index (Phi) is 4.36. The van der Waals surface area contributed by atoms with E-state index in [2.05, 4.69) is 22.5 Å². The van der Waals surface area contributed by atoms with Gasteiger partial charge in [-0.15, -0.1) is 11.6 Å². The molecule has 0 N–H and O–H groups in total. The van der Waals surface area contributed by atoms with Gasteiger partial charge in [0.25, 0.3) is 0 Å². The van der Waals surface area contributed by atoms with Crippen LogP contribution in [0, 0.1) is 0 Å². The summed E-state index contributed by atoms with van der Waals surface area (Å²) in [5.41, 5.74) is 2.13. The highest BCUT2D eigenvalue weighted by atomic mass is 35.5. The number of methoxy groups -OCH3 is 1. The van der Waals surface area contributed by atoms with Gasteiger partial charge in [0.05, 0.1) is 24.0 Å². The van der Waals surface area contributed by atoms with E-state index in [9.17, 15) is 0 Å². The standard InChI is InChI=1S/C16H22ClN3O/c1-3-19-8-4-5-12(11-19)20-15-7-6-13(21-2)9-14(15)18-16(20)10-17/h6-7,9,12H,3-5,8,10-11H2,1-2H3. The van der Waals surface area contributed by atoms with Crippen molar-refractivity contribution in [2.24, 2.45) is 0 Å². The lowest BCUT2D eigenvalue weighted by Gasteiger charge is -2.33. The Morgan fingerprint density at radius 2 is 2.29 bits per heavy atom. The van der Waals surface area contributed by atoms with E-state index < -0.39 is 0 Å². The molecule has 1 atom stereocenters. The lowest BCUT2D eigenvalue weighted by atomic mass is 10.1. The van der Waals surface area contributed by atoms with E-state index in [4.69, 9.17) is 21.3 Å². The van der Waals surface area contributed by atoms with Crippen molar-refractivity contribution in [3.8, 4) is 5.75 Å². The molecule has 4 nitrogen and oxygen atoms in total. The summed E-state index contributed by atoms with van der Waals surface area (Å²) >= 11 is 6.14. The summed E-state index contributed by atoms with van der Waals surface area (Å²) in [4.78, 5) is 7.20. The molecule has 1 aromatic carbocycles. The molecule has 1 unspecified atom stereocenters. The first-order valence-electron chi connectivity index (χ1n) is 7.60. The number of rotatable bonds is 4. The molecule has 2 heterocycles. The van der Waals surface area contributed by atoms with Gasteiger partial charge >= 0.3 is 0 Å². The van der Waals surface area contributed by atoms with Gasteiger partial charge in [0.15, 0.2) is 0 Å². The van der Waals surface area contributed by atoms with Crippen LogP contribution in [-0.4, -0.2) is 41.2 Å². The fourth-order valence-corrected chi connectivity index (χ4v) is 3.47. The van der Waals surface area contributed by atoms with Crippen LogP contribution in [0.4, 0.5) is 0 Å². The van der Waals surface area contributed by atoms with Crippen LogP contribution in [0.5, 0.6) is 5.75 Å². The first kappa shape index (κ1) is 14.7. The predicted molar refractivity (Wildman–Crippen MR) is 86.2 cm³/mol. The molecule has 0 bridgehead atoms. The quantitative estimate of drug-likeness (QED) is 0.811. The zero-order valence-electron chi connectivity index (χ0n) is 12.7. The molecular weight excluding hydrogens is 286 g/mol. The fourth-order valence-electron chi connectivity index (χ4n) is 3.29. The molecule has 0 amide bonds. The maximum absolute atomic E-state index is 6.14. The van der Waals surface area contributed by atoms with E-state index in [1.165, 1.54) is 19.4 Å². The first-order chi connectivity index (χ1) is 10.3. The van der Waals surface area contributed by atoms with Crippen molar-refractivity contribution in [2.45, 2.75) is 31.7 Å². The number of nitrogens with zero attached hydrogens (tertiary/aromatic N) is 3. The number of ether oxygens (including phenoxy) is 1. The largest absolute Gasteiger partial charge is 0.497 e. The fraction of sp³-hybridized carbons (Fsp3) is 0.562. The van der Waals surface area contributed by atoms with Crippen molar-refractivity contribution in [1.82, 2.24) is 14.5 Å². The van der Waals surface area contributed by atoms with Crippen LogP contribution >= 0.6 is 11.6 Å². The Morgan fingerprint density at radius 3 is 3.00 bits per heavy atom. The summed E-state index contributed by atoms with van der Waals surface area (Å²) in [6.07, 6.45) is 2.42. The molecule has 0 radical (unpaired) electrons. The van der Waals surface area contributed by atoms with E-state index in [1.54, 1.807) is 7.11 Å². The van der Waals surface area contributed by atoms with Crippen LogP contribution < -0.4 is 4.74 Å². The number of imidazole rings is 1. The molecule has 1 aromatic heterocycles. The normalized spacial score (nSPS) is 20.0. The average molecular weight is 308 g/mol. The second-order valence-electron chi connectivity index (χ2n) is 5.58.